The average Bonchev–Trinajstić information content (AvgIpc) is 2.53. The lowest BCUT2D eigenvalue weighted by atomic mass is 10.00. The van der Waals surface area contributed by atoms with Crippen LogP contribution >= 0.6 is 0 Å². The van der Waals surface area contributed by atoms with Gasteiger partial charge < -0.3 is 10.2 Å². The van der Waals surface area contributed by atoms with E-state index in [2.05, 4.69) is 24.2 Å². The second-order valence-electron chi connectivity index (χ2n) is 5.37. The van der Waals surface area contributed by atoms with E-state index in [1.165, 1.54) is 58.0 Å². The summed E-state index contributed by atoms with van der Waals surface area (Å²) in [7, 11) is 2.28. The SMILES string of the molecule is CCCNCCN(C)CC1CCCCCC1. The van der Waals surface area contributed by atoms with E-state index in [0.29, 0.717) is 0 Å². The fourth-order valence-electron chi connectivity index (χ4n) is 2.65. The molecular formula is C14H30N2. The highest BCUT2D eigenvalue weighted by atomic mass is 15.1. The predicted molar refractivity (Wildman–Crippen MR) is 71.8 cm³/mol. The second kappa shape index (κ2) is 9.00. The van der Waals surface area contributed by atoms with E-state index >= 15 is 0 Å². The molecule has 16 heavy (non-hydrogen) atoms. The summed E-state index contributed by atoms with van der Waals surface area (Å²) in [6.07, 6.45) is 10.0. The van der Waals surface area contributed by atoms with Crippen LogP contribution in [0.3, 0.4) is 0 Å². The summed E-state index contributed by atoms with van der Waals surface area (Å²) in [4.78, 5) is 2.51. The van der Waals surface area contributed by atoms with Crippen molar-refractivity contribution in [1.29, 1.82) is 0 Å². The molecule has 1 N–H and O–H groups in total. The summed E-state index contributed by atoms with van der Waals surface area (Å²) >= 11 is 0. The topological polar surface area (TPSA) is 15.3 Å². The molecule has 0 saturated heterocycles. The highest BCUT2D eigenvalue weighted by Gasteiger charge is 2.13. The van der Waals surface area contributed by atoms with Crippen LogP contribution < -0.4 is 5.32 Å². The molecule has 0 spiro atoms. The quantitative estimate of drug-likeness (QED) is 0.530. The Morgan fingerprint density at radius 3 is 2.38 bits per heavy atom. The van der Waals surface area contributed by atoms with E-state index in [0.717, 1.165) is 19.0 Å². The van der Waals surface area contributed by atoms with E-state index < -0.39 is 0 Å². The second-order valence-corrected chi connectivity index (χ2v) is 5.37. The Bertz CT molecular complexity index is 151. The molecule has 2 nitrogen and oxygen atoms in total. The summed E-state index contributed by atoms with van der Waals surface area (Å²) < 4.78 is 0. The normalized spacial score (nSPS) is 18.9. The zero-order valence-electron chi connectivity index (χ0n) is 11.3. The number of likely N-dealkylation sites (N-methyl/N-ethyl adjacent to an activating group) is 1. The molecule has 0 aliphatic heterocycles. The maximum atomic E-state index is 3.47. The van der Waals surface area contributed by atoms with Gasteiger partial charge in [0.2, 0.25) is 0 Å². The first-order valence-electron chi connectivity index (χ1n) is 7.22. The molecule has 0 bridgehead atoms. The molecule has 1 rings (SSSR count). The molecule has 1 aliphatic rings. The van der Waals surface area contributed by atoms with Crippen molar-refractivity contribution in [3.8, 4) is 0 Å². The lowest BCUT2D eigenvalue weighted by molar-refractivity contribution is 0.260. The van der Waals surface area contributed by atoms with Crippen molar-refractivity contribution in [2.24, 2.45) is 5.92 Å². The average molecular weight is 226 g/mol. The van der Waals surface area contributed by atoms with Gasteiger partial charge in [0, 0.05) is 19.6 Å². The maximum absolute atomic E-state index is 3.47. The number of hydrogen-bond donors (Lipinski definition) is 1. The zero-order valence-corrected chi connectivity index (χ0v) is 11.3. The molecule has 0 unspecified atom stereocenters. The van der Waals surface area contributed by atoms with Crippen molar-refractivity contribution in [2.75, 3.05) is 33.2 Å². The molecule has 0 aromatic carbocycles. The molecule has 0 aromatic heterocycles. The molecule has 0 heterocycles. The molecule has 2 heteroatoms. The third-order valence-corrected chi connectivity index (χ3v) is 3.64. The first-order chi connectivity index (χ1) is 7.83. The monoisotopic (exact) mass is 226 g/mol. The van der Waals surface area contributed by atoms with Crippen molar-refractivity contribution in [3.05, 3.63) is 0 Å². The summed E-state index contributed by atoms with van der Waals surface area (Å²) in [5.41, 5.74) is 0. The van der Waals surface area contributed by atoms with E-state index in [1.807, 2.05) is 0 Å². The zero-order chi connectivity index (χ0) is 11.6. The molecule has 1 fully saturated rings. The molecule has 0 atom stereocenters. The van der Waals surface area contributed by atoms with Crippen LogP contribution in [0.15, 0.2) is 0 Å². The van der Waals surface area contributed by atoms with Gasteiger partial charge in [-0.1, -0.05) is 32.6 Å². The van der Waals surface area contributed by atoms with Crippen LogP contribution in [0, 0.1) is 5.92 Å². The smallest absolute Gasteiger partial charge is 0.0104 e. The highest BCUT2D eigenvalue weighted by molar-refractivity contribution is 4.68. The van der Waals surface area contributed by atoms with Gasteiger partial charge in [-0.25, -0.2) is 0 Å². The van der Waals surface area contributed by atoms with Crippen LogP contribution in [0.5, 0.6) is 0 Å². The molecule has 0 amide bonds. The van der Waals surface area contributed by atoms with Gasteiger partial charge in [-0.15, -0.1) is 0 Å². The van der Waals surface area contributed by atoms with Gasteiger partial charge in [-0.05, 0) is 38.8 Å². The van der Waals surface area contributed by atoms with Gasteiger partial charge in [-0.2, -0.15) is 0 Å². The van der Waals surface area contributed by atoms with Crippen molar-refractivity contribution >= 4 is 0 Å². The first kappa shape index (κ1) is 14.0. The van der Waals surface area contributed by atoms with Crippen LogP contribution in [-0.2, 0) is 0 Å². The van der Waals surface area contributed by atoms with E-state index in [1.54, 1.807) is 0 Å². The Morgan fingerprint density at radius 1 is 1.06 bits per heavy atom. The molecule has 0 aromatic rings. The fraction of sp³-hybridized carbons (Fsp3) is 1.00. The van der Waals surface area contributed by atoms with Gasteiger partial charge in [0.1, 0.15) is 0 Å². The Labute approximate surface area is 102 Å². The Hall–Kier alpha value is -0.0800. The van der Waals surface area contributed by atoms with Crippen molar-refractivity contribution in [3.63, 3.8) is 0 Å². The number of hydrogen-bond acceptors (Lipinski definition) is 2. The van der Waals surface area contributed by atoms with Crippen molar-refractivity contribution in [1.82, 2.24) is 10.2 Å². The number of nitrogens with zero attached hydrogens (tertiary/aromatic N) is 1. The molecule has 1 saturated carbocycles. The van der Waals surface area contributed by atoms with Crippen LogP contribution in [-0.4, -0.2) is 38.1 Å². The minimum Gasteiger partial charge on any atom is -0.315 e. The van der Waals surface area contributed by atoms with Crippen molar-refractivity contribution in [2.45, 2.75) is 51.9 Å². The number of rotatable bonds is 7. The fourth-order valence-corrected chi connectivity index (χ4v) is 2.65. The van der Waals surface area contributed by atoms with Gasteiger partial charge >= 0.3 is 0 Å². The van der Waals surface area contributed by atoms with Crippen LogP contribution in [0.25, 0.3) is 0 Å². The summed E-state index contributed by atoms with van der Waals surface area (Å²) in [5.74, 6) is 0.971. The van der Waals surface area contributed by atoms with Gasteiger partial charge in [0.05, 0.1) is 0 Å². The lowest BCUT2D eigenvalue weighted by Crippen LogP contribution is -2.33. The Kier molecular flexibility index (Phi) is 7.87. The Balaban J connectivity index is 2.04. The third kappa shape index (κ3) is 6.49. The molecular weight excluding hydrogens is 196 g/mol. The lowest BCUT2D eigenvalue weighted by Gasteiger charge is -2.23. The van der Waals surface area contributed by atoms with Crippen LogP contribution in [0.4, 0.5) is 0 Å². The molecule has 96 valence electrons. The van der Waals surface area contributed by atoms with Crippen LogP contribution in [0.1, 0.15) is 51.9 Å². The third-order valence-electron chi connectivity index (χ3n) is 3.64. The van der Waals surface area contributed by atoms with Gasteiger partial charge in [-0.3, -0.25) is 0 Å². The van der Waals surface area contributed by atoms with E-state index in [9.17, 15) is 0 Å². The highest BCUT2D eigenvalue weighted by Crippen LogP contribution is 2.23. The van der Waals surface area contributed by atoms with E-state index in [-0.39, 0.29) is 0 Å². The minimum atomic E-state index is 0.971. The summed E-state index contributed by atoms with van der Waals surface area (Å²) in [5, 5.41) is 3.47. The minimum absolute atomic E-state index is 0.971. The summed E-state index contributed by atoms with van der Waals surface area (Å²) in [6, 6.07) is 0. The summed E-state index contributed by atoms with van der Waals surface area (Å²) in [6.45, 7) is 7.06. The molecule has 0 radical (unpaired) electrons. The van der Waals surface area contributed by atoms with Gasteiger partial charge in [0.25, 0.3) is 0 Å². The van der Waals surface area contributed by atoms with E-state index in [4.69, 9.17) is 0 Å². The molecule has 1 aliphatic carbocycles. The standard InChI is InChI=1S/C14H30N2/c1-3-10-15-11-12-16(2)13-14-8-6-4-5-7-9-14/h14-15H,3-13H2,1-2H3. The Morgan fingerprint density at radius 2 is 1.75 bits per heavy atom. The first-order valence-corrected chi connectivity index (χ1v) is 7.22. The van der Waals surface area contributed by atoms with Crippen LogP contribution in [0.2, 0.25) is 0 Å². The number of nitrogens with one attached hydrogen (secondary N) is 1. The largest absolute Gasteiger partial charge is 0.315 e. The van der Waals surface area contributed by atoms with Crippen molar-refractivity contribution < 1.29 is 0 Å². The predicted octanol–water partition coefficient (Wildman–Crippen LogP) is 2.89. The van der Waals surface area contributed by atoms with Gasteiger partial charge in [0.15, 0.2) is 0 Å². The maximum Gasteiger partial charge on any atom is 0.0104 e.